The van der Waals surface area contributed by atoms with E-state index in [0.717, 1.165) is 31.0 Å². The largest absolute Gasteiger partial charge is 0.330 e. The standard InChI is InChI=1S/C13H20N4/c1-11(7-14)8-16(2)9-12-10-17-6-4-3-5-13(17)15-12/h3-6,10-11H,7-9,14H2,1-2H3. The minimum atomic E-state index is 0.525. The topological polar surface area (TPSA) is 46.6 Å². The molecule has 2 N–H and O–H groups in total. The van der Waals surface area contributed by atoms with Gasteiger partial charge in [0.15, 0.2) is 0 Å². The van der Waals surface area contributed by atoms with Gasteiger partial charge in [0.2, 0.25) is 0 Å². The second-order valence-corrected chi connectivity index (χ2v) is 4.74. The maximum absolute atomic E-state index is 5.63. The summed E-state index contributed by atoms with van der Waals surface area (Å²) in [4.78, 5) is 6.84. The number of imidazole rings is 1. The summed E-state index contributed by atoms with van der Waals surface area (Å²) in [6.45, 7) is 4.77. The normalized spacial score (nSPS) is 13.4. The fraction of sp³-hybridized carbons (Fsp3) is 0.462. The van der Waals surface area contributed by atoms with Crippen molar-refractivity contribution in [3.63, 3.8) is 0 Å². The fourth-order valence-corrected chi connectivity index (χ4v) is 2.01. The summed E-state index contributed by atoms with van der Waals surface area (Å²) in [7, 11) is 2.11. The van der Waals surface area contributed by atoms with Gasteiger partial charge in [-0.2, -0.15) is 0 Å². The molecule has 0 saturated carbocycles. The highest BCUT2D eigenvalue weighted by Gasteiger charge is 2.07. The van der Waals surface area contributed by atoms with Crippen molar-refractivity contribution in [1.82, 2.24) is 14.3 Å². The van der Waals surface area contributed by atoms with Gasteiger partial charge in [-0.3, -0.25) is 0 Å². The second-order valence-electron chi connectivity index (χ2n) is 4.74. The quantitative estimate of drug-likeness (QED) is 0.846. The third-order valence-electron chi connectivity index (χ3n) is 2.87. The molecule has 2 heterocycles. The predicted octanol–water partition coefficient (Wildman–Crippen LogP) is 1.36. The van der Waals surface area contributed by atoms with Crippen molar-refractivity contribution in [1.29, 1.82) is 0 Å². The molecule has 0 bridgehead atoms. The van der Waals surface area contributed by atoms with Crippen LogP contribution in [0.2, 0.25) is 0 Å². The van der Waals surface area contributed by atoms with Crippen LogP contribution in [0.5, 0.6) is 0 Å². The second kappa shape index (κ2) is 5.29. The van der Waals surface area contributed by atoms with E-state index in [0.29, 0.717) is 5.92 Å². The van der Waals surface area contributed by atoms with Gasteiger partial charge in [0.1, 0.15) is 5.65 Å². The van der Waals surface area contributed by atoms with Crippen LogP contribution in [0, 0.1) is 5.92 Å². The molecule has 0 saturated heterocycles. The highest BCUT2D eigenvalue weighted by Crippen LogP contribution is 2.07. The highest BCUT2D eigenvalue weighted by atomic mass is 15.1. The first-order chi connectivity index (χ1) is 8.19. The smallest absolute Gasteiger partial charge is 0.137 e. The Morgan fingerprint density at radius 2 is 2.29 bits per heavy atom. The molecule has 2 aromatic heterocycles. The molecule has 1 unspecified atom stereocenters. The minimum Gasteiger partial charge on any atom is -0.330 e. The molecule has 4 heteroatoms. The van der Waals surface area contributed by atoms with Gasteiger partial charge in [-0.25, -0.2) is 4.98 Å². The van der Waals surface area contributed by atoms with Gasteiger partial charge in [0.25, 0.3) is 0 Å². The predicted molar refractivity (Wildman–Crippen MR) is 69.7 cm³/mol. The van der Waals surface area contributed by atoms with E-state index >= 15 is 0 Å². The van der Waals surface area contributed by atoms with Crippen LogP contribution in [-0.4, -0.2) is 34.4 Å². The summed E-state index contributed by atoms with van der Waals surface area (Å²) in [5.41, 5.74) is 7.73. The lowest BCUT2D eigenvalue weighted by atomic mass is 10.2. The average molecular weight is 232 g/mol. The fourth-order valence-electron chi connectivity index (χ4n) is 2.01. The number of fused-ring (bicyclic) bond motifs is 1. The van der Waals surface area contributed by atoms with Gasteiger partial charge in [-0.05, 0) is 31.6 Å². The molecule has 0 aliphatic carbocycles. The van der Waals surface area contributed by atoms with Crippen LogP contribution >= 0.6 is 0 Å². The number of rotatable bonds is 5. The minimum absolute atomic E-state index is 0.525. The molecule has 0 fully saturated rings. The van der Waals surface area contributed by atoms with Crippen LogP contribution in [0.25, 0.3) is 5.65 Å². The molecule has 92 valence electrons. The molecule has 0 radical (unpaired) electrons. The summed E-state index contributed by atoms with van der Waals surface area (Å²) in [5, 5.41) is 0. The Kier molecular flexibility index (Phi) is 3.76. The van der Waals surface area contributed by atoms with Crippen molar-refractivity contribution in [2.24, 2.45) is 11.7 Å². The summed E-state index contributed by atoms with van der Waals surface area (Å²) >= 11 is 0. The zero-order valence-electron chi connectivity index (χ0n) is 10.5. The number of hydrogen-bond acceptors (Lipinski definition) is 3. The third-order valence-corrected chi connectivity index (χ3v) is 2.87. The molecule has 0 aliphatic rings. The van der Waals surface area contributed by atoms with Gasteiger partial charge in [-0.1, -0.05) is 13.0 Å². The van der Waals surface area contributed by atoms with E-state index < -0.39 is 0 Å². The summed E-state index contributed by atoms with van der Waals surface area (Å²) < 4.78 is 2.05. The molecule has 0 aromatic carbocycles. The molecule has 2 aromatic rings. The van der Waals surface area contributed by atoms with E-state index in [2.05, 4.69) is 34.5 Å². The molecular weight excluding hydrogens is 212 g/mol. The third kappa shape index (κ3) is 3.05. The van der Waals surface area contributed by atoms with Gasteiger partial charge < -0.3 is 15.0 Å². The number of pyridine rings is 1. The Balaban J connectivity index is 2.03. The van der Waals surface area contributed by atoms with Crippen LogP contribution in [-0.2, 0) is 6.54 Å². The molecule has 1 atom stereocenters. The van der Waals surface area contributed by atoms with Gasteiger partial charge in [-0.15, -0.1) is 0 Å². The lowest BCUT2D eigenvalue weighted by molar-refractivity contribution is 0.279. The van der Waals surface area contributed by atoms with E-state index in [-0.39, 0.29) is 0 Å². The Morgan fingerprint density at radius 3 is 3.00 bits per heavy atom. The van der Waals surface area contributed by atoms with Crippen molar-refractivity contribution < 1.29 is 0 Å². The van der Waals surface area contributed by atoms with Gasteiger partial charge >= 0.3 is 0 Å². The Bertz CT molecular complexity index is 444. The van der Waals surface area contributed by atoms with E-state index in [1.807, 2.05) is 24.4 Å². The first kappa shape index (κ1) is 12.1. The molecule has 2 rings (SSSR count). The number of nitrogens with zero attached hydrogens (tertiary/aromatic N) is 3. The summed E-state index contributed by atoms with van der Waals surface area (Å²) in [5.74, 6) is 0.525. The van der Waals surface area contributed by atoms with Crippen molar-refractivity contribution in [2.45, 2.75) is 13.5 Å². The molecular formula is C13H20N4. The van der Waals surface area contributed by atoms with Crippen LogP contribution in [0.3, 0.4) is 0 Å². The first-order valence-corrected chi connectivity index (χ1v) is 6.00. The van der Waals surface area contributed by atoms with Crippen molar-refractivity contribution in [3.05, 3.63) is 36.3 Å². The van der Waals surface area contributed by atoms with E-state index in [9.17, 15) is 0 Å². The monoisotopic (exact) mass is 232 g/mol. The highest BCUT2D eigenvalue weighted by molar-refractivity contribution is 5.39. The summed E-state index contributed by atoms with van der Waals surface area (Å²) in [6.07, 6.45) is 4.10. The Hall–Kier alpha value is -1.39. The van der Waals surface area contributed by atoms with E-state index in [1.54, 1.807) is 0 Å². The van der Waals surface area contributed by atoms with Crippen molar-refractivity contribution in [3.8, 4) is 0 Å². The maximum Gasteiger partial charge on any atom is 0.137 e. The molecule has 17 heavy (non-hydrogen) atoms. The molecule has 0 amide bonds. The van der Waals surface area contributed by atoms with Crippen molar-refractivity contribution in [2.75, 3.05) is 20.1 Å². The number of aromatic nitrogens is 2. The van der Waals surface area contributed by atoms with Crippen molar-refractivity contribution >= 4 is 5.65 Å². The van der Waals surface area contributed by atoms with Crippen LogP contribution < -0.4 is 5.73 Å². The molecule has 0 aliphatic heterocycles. The average Bonchev–Trinajstić information content (AvgIpc) is 2.70. The van der Waals surface area contributed by atoms with Crippen LogP contribution in [0.1, 0.15) is 12.6 Å². The van der Waals surface area contributed by atoms with Gasteiger partial charge in [0, 0.05) is 25.5 Å². The Morgan fingerprint density at radius 1 is 1.47 bits per heavy atom. The van der Waals surface area contributed by atoms with E-state index in [1.165, 1.54) is 0 Å². The number of nitrogens with two attached hydrogens (primary N) is 1. The first-order valence-electron chi connectivity index (χ1n) is 6.00. The zero-order chi connectivity index (χ0) is 12.3. The maximum atomic E-state index is 5.63. The molecule has 4 nitrogen and oxygen atoms in total. The van der Waals surface area contributed by atoms with Gasteiger partial charge in [0.05, 0.1) is 5.69 Å². The van der Waals surface area contributed by atoms with Crippen LogP contribution in [0.4, 0.5) is 0 Å². The molecule has 0 spiro atoms. The summed E-state index contributed by atoms with van der Waals surface area (Å²) in [6, 6.07) is 6.04. The van der Waals surface area contributed by atoms with E-state index in [4.69, 9.17) is 5.73 Å². The Labute approximate surface area is 102 Å². The SMILES string of the molecule is CC(CN)CN(C)Cc1cn2ccccc2n1. The lowest BCUT2D eigenvalue weighted by Gasteiger charge is -2.18. The number of hydrogen-bond donors (Lipinski definition) is 1. The lowest BCUT2D eigenvalue weighted by Crippen LogP contribution is -2.28. The zero-order valence-corrected chi connectivity index (χ0v) is 10.5. The van der Waals surface area contributed by atoms with Crippen LogP contribution in [0.15, 0.2) is 30.6 Å².